The molecule has 0 bridgehead atoms. The highest BCUT2D eigenvalue weighted by molar-refractivity contribution is 7.47. The highest BCUT2D eigenvalue weighted by Crippen LogP contribution is 2.43. The Morgan fingerprint density at radius 2 is 0.765 bits per heavy atom. The van der Waals surface area contributed by atoms with Crippen LogP contribution in [0.2, 0.25) is 0 Å². The lowest BCUT2D eigenvalue weighted by Crippen LogP contribution is -1.99. The molecule has 6 heteroatoms. The molecule has 3 N–H and O–H groups in total. The molecular weight excluding hydrogens is 445 g/mol. The minimum absolute atomic E-state index is 0.316. The number of phosphoric acid groups is 1. The first-order chi connectivity index (χ1) is 16.5. The van der Waals surface area contributed by atoms with E-state index in [4.69, 9.17) is 14.8 Å². The minimum Gasteiger partial charge on any atom is -0.330 e. The van der Waals surface area contributed by atoms with E-state index in [9.17, 15) is 9.46 Å². The molecular formula is C28H62NO4P. The lowest BCUT2D eigenvalue weighted by molar-refractivity contribution is 0.145. The molecule has 34 heavy (non-hydrogen) atoms. The molecule has 0 aromatic heterocycles. The average Bonchev–Trinajstić information content (AvgIpc) is 2.82. The van der Waals surface area contributed by atoms with Gasteiger partial charge in [0, 0.05) is 0 Å². The predicted molar refractivity (Wildman–Crippen MR) is 149 cm³/mol. The third-order valence-corrected chi connectivity index (χ3v) is 7.08. The van der Waals surface area contributed by atoms with Crippen molar-refractivity contribution in [2.24, 2.45) is 5.73 Å². The molecule has 0 heterocycles. The first-order valence-electron chi connectivity index (χ1n) is 14.9. The highest BCUT2D eigenvalue weighted by atomic mass is 31.2. The van der Waals surface area contributed by atoms with E-state index in [1.165, 1.54) is 116 Å². The van der Waals surface area contributed by atoms with Crippen LogP contribution in [-0.2, 0) is 13.6 Å². The Kier molecular flexibility index (Phi) is 33.1. The van der Waals surface area contributed by atoms with Crippen molar-refractivity contribution >= 4 is 7.82 Å². The summed E-state index contributed by atoms with van der Waals surface area (Å²) in [6.45, 7) is 8.15. The van der Waals surface area contributed by atoms with Gasteiger partial charge in [0.15, 0.2) is 0 Å². The number of phosphoric ester groups is 1. The average molecular weight is 508 g/mol. The van der Waals surface area contributed by atoms with Crippen LogP contribution in [0.5, 0.6) is 0 Å². The van der Waals surface area contributed by atoms with Gasteiger partial charge in [0.05, 0.1) is 13.2 Å². The van der Waals surface area contributed by atoms with Gasteiger partial charge in [-0.25, -0.2) is 4.57 Å². The number of rotatable bonds is 26. The zero-order valence-corrected chi connectivity index (χ0v) is 24.3. The van der Waals surface area contributed by atoms with E-state index < -0.39 is 7.82 Å². The van der Waals surface area contributed by atoms with Crippen molar-refractivity contribution in [2.45, 2.75) is 162 Å². The van der Waals surface area contributed by atoms with Gasteiger partial charge in [-0.15, -0.1) is 0 Å². The second-order valence-electron chi connectivity index (χ2n) is 9.64. The van der Waals surface area contributed by atoms with E-state index in [0.717, 1.165) is 32.2 Å². The Bertz CT molecular complexity index is 378. The molecule has 0 rings (SSSR count). The molecule has 0 aromatic carbocycles. The van der Waals surface area contributed by atoms with Gasteiger partial charge in [0.1, 0.15) is 0 Å². The molecule has 0 aliphatic heterocycles. The Hall–Kier alpha value is 0.0700. The summed E-state index contributed by atoms with van der Waals surface area (Å²) >= 11 is 0. The van der Waals surface area contributed by atoms with E-state index in [-0.39, 0.29) is 0 Å². The summed E-state index contributed by atoms with van der Waals surface area (Å²) in [5, 5.41) is 0. The smallest absolute Gasteiger partial charge is 0.330 e. The molecule has 0 atom stereocenters. The lowest BCUT2D eigenvalue weighted by Gasteiger charge is -2.12. The summed E-state index contributed by atoms with van der Waals surface area (Å²) in [4.78, 5) is 9.51. The summed E-state index contributed by atoms with van der Waals surface area (Å²) in [6, 6.07) is 0. The van der Waals surface area contributed by atoms with E-state index in [2.05, 4.69) is 20.8 Å². The van der Waals surface area contributed by atoms with E-state index in [1.807, 2.05) is 0 Å². The van der Waals surface area contributed by atoms with Crippen LogP contribution in [-0.4, -0.2) is 24.7 Å². The zero-order valence-electron chi connectivity index (χ0n) is 23.4. The Morgan fingerprint density at radius 1 is 0.500 bits per heavy atom. The quantitative estimate of drug-likeness (QED) is 0.0899. The number of hydrogen-bond acceptors (Lipinski definition) is 4. The molecule has 0 fully saturated rings. The molecule has 0 unspecified atom stereocenters. The third kappa shape index (κ3) is 34.2. The highest BCUT2D eigenvalue weighted by Gasteiger charge is 2.19. The molecule has 0 aliphatic carbocycles. The molecule has 0 radical (unpaired) electrons. The van der Waals surface area contributed by atoms with Gasteiger partial charge in [-0.1, -0.05) is 143 Å². The maximum Gasteiger partial charge on any atom is 0.472 e. The maximum atomic E-state index is 11.6. The van der Waals surface area contributed by atoms with Gasteiger partial charge in [-0.05, 0) is 25.8 Å². The number of hydrogen-bond donors (Lipinski definition) is 2. The monoisotopic (exact) mass is 507 g/mol. The Balaban J connectivity index is 0. The molecule has 5 nitrogen and oxygen atoms in total. The standard InChI is InChI=1S/C16H35O4P.C12H27N/c1-3-5-7-9-11-13-15-19-21(17,18)20-16-14-12-10-8-6-4-2;1-2-3-4-5-6-7-8-9-10-11-12-13/h3-16H2,1-2H3,(H,17,18);2-13H2,1H3. The van der Waals surface area contributed by atoms with Crippen LogP contribution in [0, 0.1) is 0 Å². The van der Waals surface area contributed by atoms with Crippen LogP contribution in [0.4, 0.5) is 0 Å². The van der Waals surface area contributed by atoms with E-state index >= 15 is 0 Å². The topological polar surface area (TPSA) is 81.8 Å². The lowest BCUT2D eigenvalue weighted by atomic mass is 10.1. The first-order valence-corrected chi connectivity index (χ1v) is 16.4. The van der Waals surface area contributed by atoms with Crippen LogP contribution in [0.15, 0.2) is 0 Å². The second kappa shape index (κ2) is 31.1. The predicted octanol–water partition coefficient (Wildman–Crippen LogP) is 9.71. The van der Waals surface area contributed by atoms with Gasteiger partial charge in [0.25, 0.3) is 0 Å². The van der Waals surface area contributed by atoms with Crippen molar-refractivity contribution in [1.29, 1.82) is 0 Å². The summed E-state index contributed by atoms with van der Waals surface area (Å²) in [7, 11) is -3.82. The van der Waals surface area contributed by atoms with Gasteiger partial charge in [-0.3, -0.25) is 9.05 Å². The largest absolute Gasteiger partial charge is 0.472 e. The van der Waals surface area contributed by atoms with Crippen LogP contribution in [0.1, 0.15) is 162 Å². The molecule has 0 saturated heterocycles. The third-order valence-electron chi connectivity index (χ3n) is 6.06. The Labute approximate surface area is 214 Å². The second-order valence-corrected chi connectivity index (χ2v) is 11.1. The van der Waals surface area contributed by atoms with Crippen LogP contribution in [0.3, 0.4) is 0 Å². The maximum absolute atomic E-state index is 11.6. The fourth-order valence-corrected chi connectivity index (χ4v) is 4.59. The first kappa shape index (κ1) is 36.2. The summed E-state index contributed by atoms with van der Waals surface area (Å²) in [5.41, 5.74) is 5.42. The summed E-state index contributed by atoms with van der Waals surface area (Å²) in [6.07, 6.45) is 27.5. The van der Waals surface area contributed by atoms with E-state index in [0.29, 0.717) is 13.2 Å². The van der Waals surface area contributed by atoms with Gasteiger partial charge < -0.3 is 10.6 Å². The SMILES string of the molecule is CCCCCCCCCCCCN.CCCCCCCCOP(=O)(O)OCCCCCCCC. The van der Waals surface area contributed by atoms with Crippen LogP contribution < -0.4 is 5.73 Å². The van der Waals surface area contributed by atoms with E-state index in [1.54, 1.807) is 0 Å². The molecule has 0 amide bonds. The van der Waals surface area contributed by atoms with Gasteiger partial charge in [0.2, 0.25) is 0 Å². The fourth-order valence-electron chi connectivity index (χ4n) is 3.79. The van der Waals surface area contributed by atoms with Crippen molar-refractivity contribution in [3.8, 4) is 0 Å². The van der Waals surface area contributed by atoms with Crippen molar-refractivity contribution in [1.82, 2.24) is 0 Å². The zero-order chi connectivity index (χ0) is 25.6. The van der Waals surface area contributed by atoms with Crippen molar-refractivity contribution in [3.05, 3.63) is 0 Å². The van der Waals surface area contributed by atoms with Gasteiger partial charge >= 0.3 is 7.82 Å². The summed E-state index contributed by atoms with van der Waals surface area (Å²) < 4.78 is 21.5. The number of nitrogens with two attached hydrogens (primary N) is 1. The number of unbranched alkanes of at least 4 members (excludes halogenated alkanes) is 19. The molecule has 0 spiro atoms. The van der Waals surface area contributed by atoms with Crippen molar-refractivity contribution in [3.63, 3.8) is 0 Å². The van der Waals surface area contributed by atoms with Crippen molar-refractivity contribution in [2.75, 3.05) is 19.8 Å². The molecule has 0 aliphatic rings. The van der Waals surface area contributed by atoms with Crippen LogP contribution in [0.25, 0.3) is 0 Å². The molecule has 0 aromatic rings. The molecule has 208 valence electrons. The van der Waals surface area contributed by atoms with Crippen LogP contribution >= 0.6 is 7.82 Å². The van der Waals surface area contributed by atoms with Gasteiger partial charge in [-0.2, -0.15) is 0 Å². The Morgan fingerprint density at radius 3 is 1.06 bits per heavy atom. The summed E-state index contributed by atoms with van der Waals surface area (Å²) in [5.74, 6) is 0. The molecule has 0 saturated carbocycles. The normalized spacial score (nSPS) is 11.4. The van der Waals surface area contributed by atoms with Crippen molar-refractivity contribution < 1.29 is 18.5 Å². The minimum atomic E-state index is -3.82. The fraction of sp³-hybridized carbons (Fsp3) is 1.00.